The average molecular weight is 250 g/mol. The van der Waals surface area contributed by atoms with E-state index in [0.717, 1.165) is 12.1 Å². The van der Waals surface area contributed by atoms with Gasteiger partial charge in [0, 0.05) is 13.5 Å². The minimum Gasteiger partial charge on any atom is -0.297 e. The van der Waals surface area contributed by atoms with Crippen LogP contribution in [0.5, 0.6) is 0 Å². The molecule has 4 heteroatoms. The molecule has 0 bridgehead atoms. The summed E-state index contributed by atoms with van der Waals surface area (Å²) in [4.78, 5) is 0. The summed E-state index contributed by atoms with van der Waals surface area (Å²) in [5, 5.41) is 8.56. The van der Waals surface area contributed by atoms with Crippen LogP contribution < -0.4 is 4.31 Å². The highest BCUT2D eigenvalue weighted by Crippen LogP contribution is 2.26. The van der Waals surface area contributed by atoms with Gasteiger partial charge in [0.2, 0.25) is 0 Å². The van der Waals surface area contributed by atoms with Crippen molar-refractivity contribution in [3.05, 3.63) is 29.3 Å². The van der Waals surface area contributed by atoms with Crippen molar-refractivity contribution in [3.8, 4) is 6.07 Å². The van der Waals surface area contributed by atoms with Gasteiger partial charge in [0.25, 0.3) is 0 Å². The zero-order valence-electron chi connectivity index (χ0n) is 10.6. The summed E-state index contributed by atoms with van der Waals surface area (Å²) in [5.74, 6) is 0. The van der Waals surface area contributed by atoms with E-state index in [1.54, 1.807) is 0 Å². The first-order chi connectivity index (χ1) is 8.19. The van der Waals surface area contributed by atoms with Crippen LogP contribution in [0.25, 0.3) is 0 Å². The van der Waals surface area contributed by atoms with Gasteiger partial charge >= 0.3 is 0 Å². The second-order valence-electron chi connectivity index (χ2n) is 3.76. The lowest BCUT2D eigenvalue weighted by Crippen LogP contribution is -2.09. The van der Waals surface area contributed by atoms with Crippen LogP contribution in [0.4, 0.5) is 5.69 Å². The third kappa shape index (κ3) is 4.29. The Morgan fingerprint density at radius 2 is 2.24 bits per heavy atom. The van der Waals surface area contributed by atoms with Gasteiger partial charge in [0.15, 0.2) is 0 Å². The van der Waals surface area contributed by atoms with Crippen LogP contribution in [0, 0.1) is 18.3 Å². The van der Waals surface area contributed by atoms with E-state index in [9.17, 15) is 0 Å². The molecule has 0 atom stereocenters. The van der Waals surface area contributed by atoms with E-state index in [1.165, 1.54) is 23.4 Å². The minimum atomic E-state index is 0.572. The van der Waals surface area contributed by atoms with Gasteiger partial charge in [-0.2, -0.15) is 5.26 Å². The molecule has 0 heterocycles. The molecule has 0 saturated heterocycles. The maximum absolute atomic E-state index is 8.56. The Balaban J connectivity index is 2.72. The molecule has 1 aromatic rings. The van der Waals surface area contributed by atoms with E-state index in [2.05, 4.69) is 31.2 Å². The molecule has 0 fully saturated rings. The van der Waals surface area contributed by atoms with Crippen molar-refractivity contribution in [1.82, 2.24) is 0 Å². The lowest BCUT2D eigenvalue weighted by Gasteiger charge is -2.19. The quantitative estimate of drug-likeness (QED) is 0.572. The third-order valence-corrected chi connectivity index (χ3v) is 3.17. The molecule has 1 rings (SSSR count). The van der Waals surface area contributed by atoms with Crippen LogP contribution in [0.3, 0.4) is 0 Å². The van der Waals surface area contributed by atoms with Crippen LogP contribution in [0.2, 0.25) is 0 Å². The van der Waals surface area contributed by atoms with Crippen LogP contribution in [-0.4, -0.2) is 13.7 Å². The maximum Gasteiger partial charge on any atom is 0.114 e. The monoisotopic (exact) mass is 250 g/mol. The first kappa shape index (κ1) is 13.9. The van der Waals surface area contributed by atoms with Crippen molar-refractivity contribution in [2.75, 3.05) is 18.0 Å². The van der Waals surface area contributed by atoms with Crippen molar-refractivity contribution in [3.63, 3.8) is 0 Å². The largest absolute Gasteiger partial charge is 0.297 e. The van der Waals surface area contributed by atoms with E-state index in [1.807, 2.05) is 18.3 Å². The molecule has 0 aliphatic heterocycles. The molecular formula is C13H18N2OS. The molecule has 0 radical (unpaired) electrons. The summed E-state index contributed by atoms with van der Waals surface area (Å²) in [7, 11) is 1.98. The first-order valence-corrected chi connectivity index (χ1v) is 6.38. The Morgan fingerprint density at radius 3 is 2.82 bits per heavy atom. The minimum absolute atomic E-state index is 0.572. The highest BCUT2D eigenvalue weighted by atomic mass is 32.2. The molecule has 0 N–H and O–H groups in total. The average Bonchev–Trinajstić information content (AvgIpc) is 2.33. The van der Waals surface area contributed by atoms with Gasteiger partial charge < -0.3 is 0 Å². The summed E-state index contributed by atoms with van der Waals surface area (Å²) in [5.41, 5.74) is 3.56. The number of nitrogens with zero attached hydrogens (tertiary/aromatic N) is 2. The Hall–Kier alpha value is -1.18. The number of rotatable bonds is 6. The van der Waals surface area contributed by atoms with Gasteiger partial charge in [-0.05, 0) is 37.5 Å². The number of aryl methyl sites for hydroxylation is 2. The Morgan fingerprint density at radius 1 is 1.47 bits per heavy atom. The summed E-state index contributed by atoms with van der Waals surface area (Å²) in [6, 6.07) is 8.45. The van der Waals surface area contributed by atoms with Crippen molar-refractivity contribution in [2.45, 2.75) is 26.7 Å². The second-order valence-corrected chi connectivity index (χ2v) is 4.69. The molecule has 0 amide bonds. The molecule has 0 saturated carbocycles. The second kappa shape index (κ2) is 7.21. The number of hydrogen-bond acceptors (Lipinski definition) is 4. The van der Waals surface area contributed by atoms with Gasteiger partial charge in [-0.1, -0.05) is 12.1 Å². The third-order valence-electron chi connectivity index (χ3n) is 2.41. The van der Waals surface area contributed by atoms with Crippen molar-refractivity contribution in [2.24, 2.45) is 0 Å². The van der Waals surface area contributed by atoms with Gasteiger partial charge in [-0.3, -0.25) is 8.49 Å². The fourth-order valence-corrected chi connectivity index (χ4v) is 2.15. The van der Waals surface area contributed by atoms with Crippen LogP contribution in [-0.2, 0) is 10.6 Å². The highest BCUT2D eigenvalue weighted by Gasteiger charge is 2.06. The normalized spacial score (nSPS) is 10.0. The topological polar surface area (TPSA) is 36.3 Å². The zero-order chi connectivity index (χ0) is 12.7. The summed E-state index contributed by atoms with van der Waals surface area (Å²) in [6.45, 7) is 4.74. The van der Waals surface area contributed by atoms with E-state index < -0.39 is 0 Å². The number of anilines is 1. The maximum atomic E-state index is 8.56. The standard InChI is InChI=1S/C13H18N2OS/c1-4-16-17-15(3)13-8-7-12(6-5-9-14)10-11(13)2/h7-8,10H,4-6H2,1-3H3. The number of nitriles is 1. The van der Waals surface area contributed by atoms with E-state index >= 15 is 0 Å². The van der Waals surface area contributed by atoms with Crippen molar-refractivity contribution >= 4 is 17.9 Å². The van der Waals surface area contributed by atoms with Crippen LogP contribution in [0.1, 0.15) is 24.5 Å². The first-order valence-electron chi connectivity index (χ1n) is 5.68. The molecule has 0 aliphatic rings. The molecule has 0 aromatic heterocycles. The zero-order valence-corrected chi connectivity index (χ0v) is 11.4. The molecule has 92 valence electrons. The van der Waals surface area contributed by atoms with Crippen LogP contribution >= 0.6 is 12.2 Å². The summed E-state index contributed by atoms with van der Waals surface area (Å²) < 4.78 is 7.31. The Labute approximate surface area is 108 Å². The molecule has 17 heavy (non-hydrogen) atoms. The fourth-order valence-electron chi connectivity index (χ4n) is 1.60. The molecule has 1 aromatic carbocycles. The Bertz CT molecular complexity index is 401. The van der Waals surface area contributed by atoms with Crippen LogP contribution in [0.15, 0.2) is 18.2 Å². The SMILES string of the molecule is CCOSN(C)c1ccc(CCC#N)cc1C. The molecule has 0 spiro atoms. The Kier molecular flexibility index (Phi) is 5.88. The molecule has 0 aliphatic carbocycles. The van der Waals surface area contributed by atoms with Crippen molar-refractivity contribution in [1.29, 1.82) is 5.26 Å². The van der Waals surface area contributed by atoms with Gasteiger partial charge in [0.1, 0.15) is 12.2 Å². The lowest BCUT2D eigenvalue weighted by molar-refractivity contribution is 0.401. The smallest absolute Gasteiger partial charge is 0.114 e. The van der Waals surface area contributed by atoms with E-state index in [0.29, 0.717) is 13.0 Å². The van der Waals surface area contributed by atoms with E-state index in [-0.39, 0.29) is 0 Å². The molecule has 3 nitrogen and oxygen atoms in total. The fraction of sp³-hybridized carbons (Fsp3) is 0.462. The number of hydrogen-bond donors (Lipinski definition) is 0. The summed E-state index contributed by atoms with van der Waals surface area (Å²) in [6.07, 6.45) is 1.39. The highest BCUT2D eigenvalue weighted by molar-refractivity contribution is 7.96. The van der Waals surface area contributed by atoms with Gasteiger partial charge in [0.05, 0.1) is 18.4 Å². The van der Waals surface area contributed by atoms with Gasteiger partial charge in [-0.25, -0.2) is 0 Å². The number of benzene rings is 1. The lowest BCUT2D eigenvalue weighted by atomic mass is 10.1. The van der Waals surface area contributed by atoms with Crippen molar-refractivity contribution < 1.29 is 4.18 Å². The molecule has 0 unspecified atom stereocenters. The van der Waals surface area contributed by atoms with E-state index in [4.69, 9.17) is 9.44 Å². The molecular weight excluding hydrogens is 232 g/mol. The predicted molar refractivity (Wildman–Crippen MR) is 72.7 cm³/mol. The summed E-state index contributed by atoms with van der Waals surface area (Å²) >= 11 is 1.35. The van der Waals surface area contributed by atoms with Gasteiger partial charge in [-0.15, -0.1) is 0 Å². The predicted octanol–water partition coefficient (Wildman–Crippen LogP) is 3.49.